The van der Waals surface area contributed by atoms with E-state index in [1.165, 1.54) is 23.2 Å². The molecule has 0 aliphatic rings. The summed E-state index contributed by atoms with van der Waals surface area (Å²) >= 11 is 6.03. The SMILES string of the molecule is CN(Cc1c(F)cccc1Cl)C(=O)c1cncn1-c1ccccc1. The van der Waals surface area contributed by atoms with Gasteiger partial charge in [-0.2, -0.15) is 0 Å². The highest BCUT2D eigenvalue weighted by atomic mass is 35.5. The zero-order chi connectivity index (χ0) is 17.1. The largest absolute Gasteiger partial charge is 0.336 e. The molecule has 2 aromatic carbocycles. The van der Waals surface area contributed by atoms with Crippen molar-refractivity contribution in [1.29, 1.82) is 0 Å². The Morgan fingerprint density at radius 1 is 1.21 bits per heavy atom. The maximum Gasteiger partial charge on any atom is 0.272 e. The minimum Gasteiger partial charge on any atom is -0.336 e. The first-order valence-electron chi connectivity index (χ1n) is 7.34. The zero-order valence-corrected chi connectivity index (χ0v) is 13.7. The van der Waals surface area contributed by atoms with Gasteiger partial charge in [0.2, 0.25) is 0 Å². The number of para-hydroxylation sites is 1. The van der Waals surface area contributed by atoms with Crippen molar-refractivity contribution in [2.45, 2.75) is 6.54 Å². The number of carbonyl (C=O) groups excluding carboxylic acids is 1. The Morgan fingerprint density at radius 2 is 1.96 bits per heavy atom. The van der Waals surface area contributed by atoms with E-state index < -0.39 is 5.82 Å². The summed E-state index contributed by atoms with van der Waals surface area (Å²) in [5.41, 5.74) is 1.52. The van der Waals surface area contributed by atoms with Gasteiger partial charge in [0, 0.05) is 23.3 Å². The standard InChI is InChI=1S/C18H15ClFN3O/c1-22(11-14-15(19)8-5-9-16(14)20)18(24)17-10-21-12-23(17)13-6-3-2-4-7-13/h2-10,12H,11H2,1H3. The fraction of sp³-hybridized carbons (Fsp3) is 0.111. The van der Waals surface area contributed by atoms with Gasteiger partial charge in [-0.25, -0.2) is 9.37 Å². The number of aromatic nitrogens is 2. The third-order valence-corrected chi connectivity index (χ3v) is 4.05. The van der Waals surface area contributed by atoms with Crippen LogP contribution in [-0.4, -0.2) is 27.4 Å². The summed E-state index contributed by atoms with van der Waals surface area (Å²) in [6.07, 6.45) is 3.07. The molecule has 0 saturated carbocycles. The minimum absolute atomic E-state index is 0.0737. The molecule has 122 valence electrons. The fourth-order valence-electron chi connectivity index (χ4n) is 2.44. The van der Waals surface area contributed by atoms with Gasteiger partial charge in [0.15, 0.2) is 0 Å². The van der Waals surface area contributed by atoms with Crippen molar-refractivity contribution in [3.8, 4) is 5.69 Å². The molecule has 4 nitrogen and oxygen atoms in total. The summed E-state index contributed by atoms with van der Waals surface area (Å²) in [5.74, 6) is -0.700. The number of hydrogen-bond acceptors (Lipinski definition) is 2. The summed E-state index contributed by atoms with van der Waals surface area (Å²) in [4.78, 5) is 18.2. The Kier molecular flexibility index (Phi) is 4.62. The molecule has 0 aliphatic heterocycles. The average Bonchev–Trinajstić information content (AvgIpc) is 3.08. The molecule has 0 fully saturated rings. The van der Waals surface area contributed by atoms with Gasteiger partial charge in [-0.15, -0.1) is 0 Å². The van der Waals surface area contributed by atoms with Crippen LogP contribution in [0.3, 0.4) is 0 Å². The Bertz CT molecular complexity index is 843. The summed E-state index contributed by atoms with van der Waals surface area (Å²) in [7, 11) is 1.60. The van der Waals surface area contributed by atoms with Gasteiger partial charge in [0.1, 0.15) is 11.5 Å². The van der Waals surface area contributed by atoms with Crippen LogP contribution in [0.5, 0.6) is 0 Å². The van der Waals surface area contributed by atoms with Gasteiger partial charge in [-0.05, 0) is 24.3 Å². The highest BCUT2D eigenvalue weighted by Crippen LogP contribution is 2.21. The van der Waals surface area contributed by atoms with Gasteiger partial charge in [-0.1, -0.05) is 35.9 Å². The average molecular weight is 344 g/mol. The van der Waals surface area contributed by atoms with Crippen molar-refractivity contribution >= 4 is 17.5 Å². The monoisotopic (exact) mass is 343 g/mol. The van der Waals surface area contributed by atoms with E-state index >= 15 is 0 Å². The molecule has 3 aromatic rings. The molecule has 0 unspecified atom stereocenters. The molecule has 1 amide bonds. The van der Waals surface area contributed by atoms with Gasteiger partial charge < -0.3 is 4.90 Å². The van der Waals surface area contributed by atoms with Crippen LogP contribution < -0.4 is 0 Å². The molecule has 3 rings (SSSR count). The quantitative estimate of drug-likeness (QED) is 0.719. The summed E-state index contributed by atoms with van der Waals surface area (Å²) in [6, 6.07) is 13.9. The maximum atomic E-state index is 13.9. The van der Waals surface area contributed by atoms with E-state index in [0.29, 0.717) is 16.3 Å². The topological polar surface area (TPSA) is 38.1 Å². The van der Waals surface area contributed by atoms with E-state index in [-0.39, 0.29) is 12.5 Å². The van der Waals surface area contributed by atoms with E-state index in [2.05, 4.69) is 4.98 Å². The molecule has 0 radical (unpaired) electrons. The van der Waals surface area contributed by atoms with E-state index in [1.54, 1.807) is 24.0 Å². The Labute approximate surface area is 144 Å². The van der Waals surface area contributed by atoms with Crippen LogP contribution in [0.25, 0.3) is 5.69 Å². The van der Waals surface area contributed by atoms with Gasteiger partial charge in [0.25, 0.3) is 5.91 Å². The number of hydrogen-bond donors (Lipinski definition) is 0. The minimum atomic E-state index is -0.432. The van der Waals surface area contributed by atoms with Crippen LogP contribution in [0.4, 0.5) is 4.39 Å². The molecular weight excluding hydrogens is 329 g/mol. The normalized spacial score (nSPS) is 10.6. The number of benzene rings is 2. The second kappa shape index (κ2) is 6.84. The van der Waals surface area contributed by atoms with Crippen molar-refractivity contribution in [2.24, 2.45) is 0 Å². The summed E-state index contributed by atoms with van der Waals surface area (Å²) < 4.78 is 15.6. The Morgan fingerprint density at radius 3 is 2.67 bits per heavy atom. The number of nitrogens with zero attached hydrogens (tertiary/aromatic N) is 3. The van der Waals surface area contributed by atoms with Gasteiger partial charge >= 0.3 is 0 Å². The number of imidazole rings is 1. The second-order valence-electron chi connectivity index (χ2n) is 5.35. The molecule has 1 heterocycles. The van der Waals surface area contributed by atoms with Crippen LogP contribution in [0.2, 0.25) is 5.02 Å². The lowest BCUT2D eigenvalue weighted by atomic mass is 10.2. The summed E-state index contributed by atoms with van der Waals surface area (Å²) in [5, 5.41) is 0.297. The van der Waals surface area contributed by atoms with E-state index in [9.17, 15) is 9.18 Å². The second-order valence-corrected chi connectivity index (χ2v) is 5.75. The van der Waals surface area contributed by atoms with Crippen molar-refractivity contribution in [2.75, 3.05) is 7.05 Å². The van der Waals surface area contributed by atoms with Crippen molar-refractivity contribution in [1.82, 2.24) is 14.5 Å². The predicted octanol–water partition coefficient (Wildman–Crippen LogP) is 3.94. The van der Waals surface area contributed by atoms with E-state index in [1.807, 2.05) is 30.3 Å². The third kappa shape index (κ3) is 3.16. The molecule has 0 saturated heterocycles. The van der Waals surface area contributed by atoms with Gasteiger partial charge in [-0.3, -0.25) is 9.36 Å². The van der Waals surface area contributed by atoms with Crippen LogP contribution in [0.15, 0.2) is 61.1 Å². The van der Waals surface area contributed by atoms with E-state index in [0.717, 1.165) is 5.69 Å². The molecule has 1 aromatic heterocycles. The fourth-order valence-corrected chi connectivity index (χ4v) is 2.66. The van der Waals surface area contributed by atoms with E-state index in [4.69, 9.17) is 11.6 Å². The highest BCUT2D eigenvalue weighted by molar-refractivity contribution is 6.31. The molecule has 0 spiro atoms. The molecule has 0 bridgehead atoms. The van der Waals surface area contributed by atoms with Crippen LogP contribution in [-0.2, 0) is 6.54 Å². The maximum absolute atomic E-state index is 13.9. The number of rotatable bonds is 4. The molecule has 6 heteroatoms. The van der Waals surface area contributed by atoms with Crippen molar-refractivity contribution in [3.05, 3.63) is 83.2 Å². The van der Waals surface area contributed by atoms with Crippen LogP contribution in [0, 0.1) is 5.82 Å². The van der Waals surface area contributed by atoms with Crippen molar-refractivity contribution in [3.63, 3.8) is 0 Å². The van der Waals surface area contributed by atoms with Crippen molar-refractivity contribution < 1.29 is 9.18 Å². The van der Waals surface area contributed by atoms with Crippen LogP contribution >= 0.6 is 11.6 Å². The molecule has 24 heavy (non-hydrogen) atoms. The Hall–Kier alpha value is -2.66. The first kappa shape index (κ1) is 16.2. The number of carbonyl (C=O) groups is 1. The molecule has 0 atom stereocenters. The first-order valence-corrected chi connectivity index (χ1v) is 7.72. The zero-order valence-electron chi connectivity index (χ0n) is 13.0. The number of halogens is 2. The molecule has 0 aliphatic carbocycles. The van der Waals surface area contributed by atoms with Crippen LogP contribution in [0.1, 0.15) is 16.1 Å². The first-order chi connectivity index (χ1) is 11.6. The number of amides is 1. The molecular formula is C18H15ClFN3O. The summed E-state index contributed by atoms with van der Waals surface area (Å²) in [6.45, 7) is 0.0737. The smallest absolute Gasteiger partial charge is 0.272 e. The highest BCUT2D eigenvalue weighted by Gasteiger charge is 2.19. The van der Waals surface area contributed by atoms with Gasteiger partial charge in [0.05, 0.1) is 19.1 Å². The lowest BCUT2D eigenvalue weighted by Crippen LogP contribution is -2.28. The predicted molar refractivity (Wildman–Crippen MR) is 90.8 cm³/mol. The lowest BCUT2D eigenvalue weighted by Gasteiger charge is -2.19. The molecule has 0 N–H and O–H groups in total. The third-order valence-electron chi connectivity index (χ3n) is 3.70. The Balaban J connectivity index is 1.86. The lowest BCUT2D eigenvalue weighted by molar-refractivity contribution is 0.0776.